The Kier molecular flexibility index (Phi) is 5.44. The van der Waals surface area contributed by atoms with E-state index in [9.17, 15) is 9.59 Å². The van der Waals surface area contributed by atoms with Crippen LogP contribution in [0.2, 0.25) is 5.02 Å². The van der Waals surface area contributed by atoms with Crippen molar-refractivity contribution >= 4 is 50.6 Å². The van der Waals surface area contributed by atoms with E-state index >= 15 is 0 Å². The van der Waals surface area contributed by atoms with Crippen molar-refractivity contribution < 1.29 is 19.1 Å². The van der Waals surface area contributed by atoms with Gasteiger partial charge in [0.25, 0.3) is 5.91 Å². The molecule has 1 aromatic heterocycles. The van der Waals surface area contributed by atoms with Crippen LogP contribution in [-0.4, -0.2) is 25.1 Å². The highest BCUT2D eigenvalue weighted by molar-refractivity contribution is 7.20. The number of anilines is 1. The molecule has 1 amide bonds. The minimum Gasteiger partial charge on any atom is -0.495 e. The summed E-state index contributed by atoms with van der Waals surface area (Å²) < 4.78 is 11.5. The van der Waals surface area contributed by atoms with Gasteiger partial charge >= 0.3 is 5.97 Å². The van der Waals surface area contributed by atoms with Crippen LogP contribution < -0.4 is 10.1 Å². The fourth-order valence-corrected chi connectivity index (χ4v) is 3.48. The van der Waals surface area contributed by atoms with Gasteiger partial charge in [0, 0.05) is 9.72 Å². The van der Waals surface area contributed by atoms with Crippen LogP contribution in [-0.2, 0) is 9.53 Å². The number of amides is 1. The minimum atomic E-state index is -0.976. The molecule has 3 aromatic rings. The Bertz CT molecular complexity index is 936. The lowest BCUT2D eigenvalue weighted by Crippen LogP contribution is -2.29. The van der Waals surface area contributed by atoms with Crippen LogP contribution in [0.1, 0.15) is 16.6 Å². The molecule has 1 atom stereocenters. The maximum atomic E-state index is 12.3. The third kappa shape index (κ3) is 3.98. The Labute approximate surface area is 159 Å². The monoisotopic (exact) mass is 389 g/mol. The number of halogens is 1. The van der Waals surface area contributed by atoms with E-state index in [4.69, 9.17) is 21.1 Å². The zero-order valence-electron chi connectivity index (χ0n) is 14.1. The van der Waals surface area contributed by atoms with Crippen molar-refractivity contribution in [2.24, 2.45) is 0 Å². The number of benzene rings is 2. The lowest BCUT2D eigenvalue weighted by Gasteiger charge is -2.15. The molecule has 1 N–H and O–H groups in total. The third-order valence-electron chi connectivity index (χ3n) is 3.70. The maximum Gasteiger partial charge on any atom is 0.349 e. The largest absolute Gasteiger partial charge is 0.495 e. The molecule has 1 heterocycles. The molecule has 134 valence electrons. The molecular weight excluding hydrogens is 374 g/mol. The fourth-order valence-electron chi connectivity index (χ4n) is 2.37. The Hall–Kier alpha value is -2.57. The van der Waals surface area contributed by atoms with E-state index in [-0.39, 0.29) is 0 Å². The van der Waals surface area contributed by atoms with Gasteiger partial charge < -0.3 is 14.8 Å². The number of carbonyl (C=O) groups excluding carboxylic acids is 2. The molecule has 26 heavy (non-hydrogen) atoms. The Balaban J connectivity index is 1.69. The summed E-state index contributed by atoms with van der Waals surface area (Å²) in [6.07, 6.45) is -0.976. The van der Waals surface area contributed by atoms with Gasteiger partial charge in [-0.1, -0.05) is 29.8 Å². The number of hydrogen-bond donors (Lipinski definition) is 1. The van der Waals surface area contributed by atoms with E-state index in [0.29, 0.717) is 21.3 Å². The average molecular weight is 390 g/mol. The molecule has 0 fully saturated rings. The van der Waals surface area contributed by atoms with E-state index in [0.717, 1.165) is 10.1 Å². The molecule has 0 aliphatic carbocycles. The summed E-state index contributed by atoms with van der Waals surface area (Å²) in [5.74, 6) is -0.544. The van der Waals surface area contributed by atoms with Crippen LogP contribution in [0.4, 0.5) is 5.69 Å². The van der Waals surface area contributed by atoms with Crippen molar-refractivity contribution in [3.8, 4) is 5.75 Å². The molecule has 5 nitrogen and oxygen atoms in total. The van der Waals surface area contributed by atoms with Crippen molar-refractivity contribution in [2.45, 2.75) is 13.0 Å². The van der Waals surface area contributed by atoms with Gasteiger partial charge in [-0.25, -0.2) is 4.79 Å². The number of rotatable bonds is 5. The first kappa shape index (κ1) is 18.2. The van der Waals surface area contributed by atoms with Gasteiger partial charge in [0.15, 0.2) is 6.10 Å². The van der Waals surface area contributed by atoms with Gasteiger partial charge in [0.05, 0.1) is 12.8 Å². The molecule has 2 aromatic carbocycles. The highest BCUT2D eigenvalue weighted by Crippen LogP contribution is 2.28. The number of carbonyl (C=O) groups is 2. The van der Waals surface area contributed by atoms with Crippen molar-refractivity contribution in [3.05, 3.63) is 58.4 Å². The summed E-state index contributed by atoms with van der Waals surface area (Å²) in [6.45, 7) is 1.51. The van der Waals surface area contributed by atoms with Crippen LogP contribution in [0.15, 0.2) is 48.5 Å². The number of nitrogens with one attached hydrogen (secondary N) is 1. The van der Waals surface area contributed by atoms with Crippen LogP contribution in [0.25, 0.3) is 10.1 Å². The first-order valence-electron chi connectivity index (χ1n) is 7.82. The Morgan fingerprint density at radius 1 is 1.15 bits per heavy atom. The average Bonchev–Trinajstić information content (AvgIpc) is 3.06. The van der Waals surface area contributed by atoms with Crippen LogP contribution >= 0.6 is 22.9 Å². The third-order valence-corrected chi connectivity index (χ3v) is 5.03. The SMILES string of the molecule is COc1ccc(Cl)cc1NC(=O)[C@@H](C)OC(=O)c1cc2ccccc2s1. The quantitative estimate of drug-likeness (QED) is 0.639. The van der Waals surface area contributed by atoms with Gasteiger partial charge in [-0.15, -0.1) is 11.3 Å². The summed E-state index contributed by atoms with van der Waals surface area (Å²) in [6, 6.07) is 14.3. The van der Waals surface area contributed by atoms with Crippen molar-refractivity contribution in [1.29, 1.82) is 0 Å². The van der Waals surface area contributed by atoms with E-state index in [2.05, 4.69) is 5.32 Å². The van der Waals surface area contributed by atoms with Gasteiger partial charge in [0.2, 0.25) is 0 Å². The second kappa shape index (κ2) is 7.76. The van der Waals surface area contributed by atoms with Crippen LogP contribution in [0, 0.1) is 0 Å². The van der Waals surface area contributed by atoms with Crippen molar-refractivity contribution in [2.75, 3.05) is 12.4 Å². The molecule has 7 heteroatoms. The zero-order valence-corrected chi connectivity index (χ0v) is 15.7. The lowest BCUT2D eigenvalue weighted by molar-refractivity contribution is -0.123. The predicted molar refractivity (Wildman–Crippen MR) is 103 cm³/mol. The molecule has 0 aliphatic heterocycles. The number of ether oxygens (including phenoxy) is 2. The maximum absolute atomic E-state index is 12.3. The van der Waals surface area contributed by atoms with E-state index < -0.39 is 18.0 Å². The van der Waals surface area contributed by atoms with Gasteiger partial charge in [-0.3, -0.25) is 4.79 Å². The molecule has 0 radical (unpaired) electrons. The topological polar surface area (TPSA) is 64.6 Å². The zero-order chi connectivity index (χ0) is 18.7. The second-order valence-corrected chi connectivity index (χ2v) is 7.05. The van der Waals surface area contributed by atoms with E-state index in [1.807, 2.05) is 24.3 Å². The first-order chi connectivity index (χ1) is 12.5. The van der Waals surface area contributed by atoms with Gasteiger partial charge in [-0.2, -0.15) is 0 Å². The summed E-state index contributed by atoms with van der Waals surface area (Å²) in [4.78, 5) is 25.1. The highest BCUT2D eigenvalue weighted by atomic mass is 35.5. The molecular formula is C19H16ClNO4S. The summed E-state index contributed by atoms with van der Waals surface area (Å²) in [5.41, 5.74) is 0.412. The molecule has 0 saturated carbocycles. The molecule has 3 rings (SSSR count). The molecule has 0 saturated heterocycles. The normalized spacial score (nSPS) is 11.8. The molecule has 0 bridgehead atoms. The predicted octanol–water partition coefficient (Wildman–Crippen LogP) is 4.75. The van der Waals surface area contributed by atoms with Crippen LogP contribution in [0.5, 0.6) is 5.75 Å². The number of thiophene rings is 1. The van der Waals surface area contributed by atoms with Gasteiger partial charge in [0.1, 0.15) is 10.6 Å². The summed E-state index contributed by atoms with van der Waals surface area (Å²) in [7, 11) is 1.49. The smallest absolute Gasteiger partial charge is 0.349 e. The molecule has 0 unspecified atom stereocenters. The molecule has 0 aliphatic rings. The number of methoxy groups -OCH3 is 1. The standard InChI is InChI=1S/C19H16ClNO4S/c1-11(18(22)21-14-10-13(20)7-8-15(14)24-2)25-19(23)17-9-12-5-3-4-6-16(12)26-17/h3-11H,1-2H3,(H,21,22)/t11-/m1/s1. The lowest BCUT2D eigenvalue weighted by atomic mass is 10.2. The Morgan fingerprint density at radius 2 is 1.92 bits per heavy atom. The van der Waals surface area contributed by atoms with Crippen LogP contribution in [0.3, 0.4) is 0 Å². The summed E-state index contributed by atoms with van der Waals surface area (Å²) >= 11 is 7.28. The number of esters is 1. The second-order valence-electron chi connectivity index (χ2n) is 5.53. The minimum absolute atomic E-state index is 0.412. The fraction of sp³-hybridized carbons (Fsp3) is 0.158. The van der Waals surface area contributed by atoms with Crippen molar-refractivity contribution in [1.82, 2.24) is 0 Å². The number of fused-ring (bicyclic) bond motifs is 1. The highest BCUT2D eigenvalue weighted by Gasteiger charge is 2.21. The van der Waals surface area contributed by atoms with E-state index in [1.54, 1.807) is 24.3 Å². The number of hydrogen-bond acceptors (Lipinski definition) is 5. The summed E-state index contributed by atoms with van der Waals surface area (Å²) in [5, 5.41) is 4.08. The molecule has 0 spiro atoms. The first-order valence-corrected chi connectivity index (χ1v) is 9.01. The van der Waals surface area contributed by atoms with Crippen molar-refractivity contribution in [3.63, 3.8) is 0 Å². The van der Waals surface area contributed by atoms with E-state index in [1.165, 1.54) is 25.4 Å². The van der Waals surface area contributed by atoms with Gasteiger partial charge in [-0.05, 0) is 42.6 Å². The Morgan fingerprint density at radius 3 is 2.65 bits per heavy atom.